The highest BCUT2D eigenvalue weighted by atomic mass is 19.1. The molecule has 1 aliphatic carbocycles. The average Bonchev–Trinajstić information content (AvgIpc) is 2.46. The van der Waals surface area contributed by atoms with Gasteiger partial charge in [-0.1, -0.05) is 0 Å². The minimum Gasteiger partial charge on any atom is -0.515 e. The van der Waals surface area contributed by atoms with Crippen LogP contribution >= 0.6 is 0 Å². The van der Waals surface area contributed by atoms with Gasteiger partial charge in [0.25, 0.3) is 0 Å². The van der Waals surface area contributed by atoms with Crippen LogP contribution in [0.4, 0.5) is 10.1 Å². The van der Waals surface area contributed by atoms with E-state index in [4.69, 9.17) is 10.5 Å². The summed E-state index contributed by atoms with van der Waals surface area (Å²) in [4.78, 5) is 26.3. The number of halogens is 1. The molecule has 0 atom stereocenters. The molecule has 0 bridgehead atoms. The Morgan fingerprint density at radius 1 is 1.27 bits per heavy atom. The third-order valence-corrected chi connectivity index (χ3v) is 3.35. The standard InChI is InChI=1S/C15H16FN3O3/c1-19(2)6-5-18-10-4-3-9(16)11-12(10)15(22)13(17)8(7-20)14(11)21/h3-4,7,17-18,20H,5-6H2,1-2H3/b8-7+,17-13?. The van der Waals surface area contributed by atoms with Gasteiger partial charge in [-0.2, -0.15) is 0 Å². The highest BCUT2D eigenvalue weighted by Crippen LogP contribution is 2.31. The highest BCUT2D eigenvalue weighted by molar-refractivity contribution is 6.61. The molecule has 0 fully saturated rings. The Labute approximate surface area is 126 Å². The molecule has 0 unspecified atom stereocenters. The molecule has 1 aliphatic rings. The number of ketones is 2. The SMILES string of the molecule is CN(C)CCNc1ccc(F)c2c1C(=O)C(=N)/C(=C\O)C2=O. The van der Waals surface area contributed by atoms with Crippen molar-refractivity contribution >= 4 is 23.0 Å². The first kappa shape index (κ1) is 15.8. The molecule has 22 heavy (non-hydrogen) atoms. The lowest BCUT2D eigenvalue weighted by atomic mass is 9.83. The van der Waals surface area contributed by atoms with Crippen LogP contribution in [0.15, 0.2) is 24.0 Å². The second-order valence-electron chi connectivity index (χ2n) is 5.15. The molecular weight excluding hydrogens is 289 g/mol. The minimum absolute atomic E-state index is 0.153. The number of carbonyl (C=O) groups excluding carboxylic acids is 2. The second kappa shape index (κ2) is 6.07. The Balaban J connectivity index is 2.50. The number of Topliss-reactive ketones (excluding diaryl/α,β-unsaturated/α-hetero) is 2. The van der Waals surface area contributed by atoms with Gasteiger partial charge >= 0.3 is 0 Å². The topological polar surface area (TPSA) is 93.5 Å². The maximum Gasteiger partial charge on any atom is 0.214 e. The first-order chi connectivity index (χ1) is 10.4. The number of nitrogens with zero attached hydrogens (tertiary/aromatic N) is 1. The predicted molar refractivity (Wildman–Crippen MR) is 80.5 cm³/mol. The zero-order chi connectivity index (χ0) is 16.4. The van der Waals surface area contributed by atoms with Crippen molar-refractivity contribution in [1.82, 2.24) is 4.90 Å². The summed E-state index contributed by atoms with van der Waals surface area (Å²) in [6.45, 7) is 1.16. The van der Waals surface area contributed by atoms with Crippen LogP contribution < -0.4 is 5.32 Å². The fourth-order valence-electron chi connectivity index (χ4n) is 2.22. The predicted octanol–water partition coefficient (Wildman–Crippen LogP) is 1.64. The van der Waals surface area contributed by atoms with Crippen molar-refractivity contribution < 1.29 is 19.1 Å². The molecule has 1 aromatic carbocycles. The molecule has 0 spiro atoms. The summed E-state index contributed by atoms with van der Waals surface area (Å²) in [5.74, 6) is -2.50. The van der Waals surface area contributed by atoms with E-state index in [0.29, 0.717) is 25.0 Å². The lowest BCUT2D eigenvalue weighted by Crippen LogP contribution is -2.32. The van der Waals surface area contributed by atoms with Crippen LogP contribution in [0, 0.1) is 11.2 Å². The van der Waals surface area contributed by atoms with Crippen LogP contribution in [0.3, 0.4) is 0 Å². The van der Waals surface area contributed by atoms with E-state index in [1.165, 1.54) is 6.07 Å². The third kappa shape index (κ3) is 2.62. The smallest absolute Gasteiger partial charge is 0.214 e. The van der Waals surface area contributed by atoms with Crippen LogP contribution in [0.1, 0.15) is 20.7 Å². The number of benzene rings is 1. The quantitative estimate of drug-likeness (QED) is 0.581. The number of nitrogens with one attached hydrogen (secondary N) is 2. The van der Waals surface area contributed by atoms with Crippen LogP contribution in [0.2, 0.25) is 0 Å². The molecule has 0 amide bonds. The second-order valence-corrected chi connectivity index (χ2v) is 5.15. The van der Waals surface area contributed by atoms with Crippen molar-refractivity contribution in [1.29, 1.82) is 5.41 Å². The van der Waals surface area contributed by atoms with E-state index >= 15 is 0 Å². The Morgan fingerprint density at radius 2 is 1.95 bits per heavy atom. The fourth-order valence-corrected chi connectivity index (χ4v) is 2.22. The molecule has 7 heteroatoms. The molecule has 0 saturated heterocycles. The van der Waals surface area contributed by atoms with Crippen molar-refractivity contribution in [3.05, 3.63) is 40.9 Å². The number of allylic oxidation sites excluding steroid dienone is 1. The van der Waals surface area contributed by atoms with E-state index < -0.39 is 34.2 Å². The molecule has 3 N–H and O–H groups in total. The lowest BCUT2D eigenvalue weighted by Gasteiger charge is -2.21. The number of likely N-dealkylation sites (N-methyl/N-ethyl adjacent to an activating group) is 1. The molecule has 0 radical (unpaired) electrons. The van der Waals surface area contributed by atoms with Crippen molar-refractivity contribution in [3.8, 4) is 0 Å². The van der Waals surface area contributed by atoms with E-state index in [9.17, 15) is 14.0 Å². The Hall–Kier alpha value is -2.54. The molecule has 0 saturated carbocycles. The van der Waals surface area contributed by atoms with Gasteiger partial charge in [0.1, 0.15) is 11.5 Å². The molecule has 116 valence electrons. The summed E-state index contributed by atoms with van der Waals surface area (Å²) in [5.41, 5.74) is -1.39. The van der Waals surface area contributed by atoms with Gasteiger partial charge in [0.15, 0.2) is 0 Å². The number of rotatable bonds is 4. The van der Waals surface area contributed by atoms with Crippen LogP contribution in [0.5, 0.6) is 0 Å². The van der Waals surface area contributed by atoms with Gasteiger partial charge in [-0.25, -0.2) is 4.39 Å². The van der Waals surface area contributed by atoms with Crippen molar-refractivity contribution in [2.75, 3.05) is 32.5 Å². The zero-order valence-electron chi connectivity index (χ0n) is 12.2. The molecule has 2 rings (SSSR count). The summed E-state index contributed by atoms with van der Waals surface area (Å²) in [6, 6.07) is 2.46. The summed E-state index contributed by atoms with van der Waals surface area (Å²) < 4.78 is 14.0. The highest BCUT2D eigenvalue weighted by Gasteiger charge is 2.37. The van der Waals surface area contributed by atoms with Gasteiger partial charge in [-0.3, -0.25) is 15.0 Å². The van der Waals surface area contributed by atoms with Crippen LogP contribution in [0.25, 0.3) is 0 Å². The van der Waals surface area contributed by atoms with Gasteiger partial charge in [0.05, 0.1) is 23.0 Å². The summed E-state index contributed by atoms with van der Waals surface area (Å²) >= 11 is 0. The van der Waals surface area contributed by atoms with Crippen molar-refractivity contribution in [2.45, 2.75) is 0 Å². The van der Waals surface area contributed by atoms with Gasteiger partial charge in [0, 0.05) is 18.8 Å². The summed E-state index contributed by atoms with van der Waals surface area (Å²) in [7, 11) is 3.76. The van der Waals surface area contributed by atoms with Gasteiger partial charge in [-0.15, -0.1) is 0 Å². The van der Waals surface area contributed by atoms with Crippen molar-refractivity contribution in [3.63, 3.8) is 0 Å². The van der Waals surface area contributed by atoms with Gasteiger partial charge < -0.3 is 15.3 Å². The Bertz CT molecular complexity index is 696. The number of aliphatic hydroxyl groups is 1. The van der Waals surface area contributed by atoms with Crippen LogP contribution in [-0.4, -0.2) is 54.5 Å². The minimum atomic E-state index is -0.865. The van der Waals surface area contributed by atoms with E-state index in [1.807, 2.05) is 19.0 Å². The van der Waals surface area contributed by atoms with Gasteiger partial charge in [0.2, 0.25) is 11.6 Å². The summed E-state index contributed by atoms with van der Waals surface area (Å²) in [6.07, 6.45) is 0.372. The molecular formula is C15H16FN3O3. The van der Waals surface area contributed by atoms with Gasteiger partial charge in [-0.05, 0) is 26.2 Å². The summed E-state index contributed by atoms with van der Waals surface area (Å²) in [5, 5.41) is 19.7. The first-order valence-corrected chi connectivity index (χ1v) is 6.62. The number of hydrogen-bond acceptors (Lipinski definition) is 6. The lowest BCUT2D eigenvalue weighted by molar-refractivity contribution is 0.0991. The Kier molecular flexibility index (Phi) is 4.37. The number of fused-ring (bicyclic) bond motifs is 1. The molecule has 1 aromatic rings. The maximum atomic E-state index is 14.0. The number of aliphatic hydroxyl groups excluding tert-OH is 1. The molecule has 0 aromatic heterocycles. The third-order valence-electron chi connectivity index (χ3n) is 3.35. The number of anilines is 1. The zero-order valence-corrected chi connectivity index (χ0v) is 12.2. The average molecular weight is 305 g/mol. The van der Waals surface area contributed by atoms with Crippen LogP contribution in [-0.2, 0) is 0 Å². The normalized spacial score (nSPS) is 16.4. The largest absolute Gasteiger partial charge is 0.515 e. The molecule has 0 aliphatic heterocycles. The number of carbonyl (C=O) groups is 2. The van der Waals surface area contributed by atoms with E-state index in [0.717, 1.165) is 6.07 Å². The number of hydrogen-bond donors (Lipinski definition) is 3. The van der Waals surface area contributed by atoms with E-state index in [-0.39, 0.29) is 5.56 Å². The van der Waals surface area contributed by atoms with E-state index in [2.05, 4.69) is 5.32 Å². The maximum absolute atomic E-state index is 14.0. The Morgan fingerprint density at radius 3 is 2.55 bits per heavy atom. The van der Waals surface area contributed by atoms with Crippen molar-refractivity contribution in [2.24, 2.45) is 0 Å². The van der Waals surface area contributed by atoms with E-state index in [1.54, 1.807) is 0 Å². The fraction of sp³-hybridized carbons (Fsp3) is 0.267. The molecule has 6 nitrogen and oxygen atoms in total. The first-order valence-electron chi connectivity index (χ1n) is 6.62. The molecule has 0 heterocycles. The monoisotopic (exact) mass is 305 g/mol.